The zero-order chi connectivity index (χ0) is 33.6. The third-order valence-corrected chi connectivity index (χ3v) is 8.35. The van der Waals surface area contributed by atoms with Gasteiger partial charge in [-0.2, -0.15) is 26.3 Å². The number of pyridine rings is 1. The van der Waals surface area contributed by atoms with E-state index in [4.69, 9.17) is 0 Å². The van der Waals surface area contributed by atoms with E-state index in [-0.39, 0.29) is 11.9 Å². The predicted octanol–water partition coefficient (Wildman–Crippen LogP) is 8.59. The van der Waals surface area contributed by atoms with Crippen molar-refractivity contribution in [3.63, 3.8) is 0 Å². The summed E-state index contributed by atoms with van der Waals surface area (Å²) in [6.07, 6.45) is -1.17. The molecule has 1 aliphatic heterocycles. The second kappa shape index (κ2) is 14.4. The molecule has 0 atom stereocenters. The van der Waals surface area contributed by atoms with E-state index in [1.165, 1.54) is 36.4 Å². The second-order valence-electron chi connectivity index (χ2n) is 11.6. The van der Waals surface area contributed by atoms with E-state index in [1.807, 2.05) is 48.3 Å². The molecule has 1 fully saturated rings. The molecule has 1 aliphatic rings. The highest BCUT2D eigenvalue weighted by Crippen LogP contribution is 2.31. The minimum Gasteiger partial charge on any atom is -0.345 e. The number of nitrogens with zero attached hydrogens (tertiary/aromatic N) is 4. The molecule has 5 nitrogen and oxygen atoms in total. The van der Waals surface area contributed by atoms with Crippen LogP contribution in [0.1, 0.15) is 40.7 Å². The van der Waals surface area contributed by atoms with Gasteiger partial charge in [-0.15, -0.1) is 0 Å². The van der Waals surface area contributed by atoms with Crippen molar-refractivity contribution in [3.8, 4) is 0 Å². The fourth-order valence-corrected chi connectivity index (χ4v) is 5.62. The van der Waals surface area contributed by atoms with Crippen molar-refractivity contribution in [2.75, 3.05) is 25.0 Å². The number of benzene rings is 3. The van der Waals surface area contributed by atoms with Crippen LogP contribution < -0.4 is 4.90 Å². The molecule has 0 spiro atoms. The van der Waals surface area contributed by atoms with Gasteiger partial charge in [-0.25, -0.2) is 0 Å². The Morgan fingerprint density at radius 2 is 1.28 bits per heavy atom. The van der Waals surface area contributed by atoms with Gasteiger partial charge < -0.3 is 9.80 Å². The summed E-state index contributed by atoms with van der Waals surface area (Å²) in [4.78, 5) is 23.7. The lowest BCUT2D eigenvalue weighted by Gasteiger charge is -2.38. The van der Waals surface area contributed by atoms with Crippen LogP contribution in [0.4, 0.5) is 37.7 Å². The van der Waals surface area contributed by atoms with Gasteiger partial charge in [0, 0.05) is 69.1 Å². The number of carbonyl (C=O) groups excluding carboxylic acids is 1. The lowest BCUT2D eigenvalue weighted by Crippen LogP contribution is -2.46. The predicted molar refractivity (Wildman–Crippen MR) is 170 cm³/mol. The molecule has 0 aliphatic carbocycles. The van der Waals surface area contributed by atoms with Gasteiger partial charge in [0.15, 0.2) is 0 Å². The van der Waals surface area contributed by atoms with Crippen LogP contribution in [-0.4, -0.2) is 46.9 Å². The Kier molecular flexibility index (Phi) is 10.3. The van der Waals surface area contributed by atoms with E-state index in [9.17, 15) is 31.1 Å². The number of carbonyl (C=O) groups is 1. The van der Waals surface area contributed by atoms with E-state index >= 15 is 0 Å². The number of rotatable bonds is 9. The topological polar surface area (TPSA) is 39.7 Å². The molecule has 5 rings (SSSR count). The first-order valence-corrected chi connectivity index (χ1v) is 15.1. The maximum atomic E-state index is 13.6. The van der Waals surface area contributed by atoms with Crippen LogP contribution >= 0.6 is 0 Å². The van der Waals surface area contributed by atoms with Crippen LogP contribution in [0, 0.1) is 0 Å². The number of aromatic nitrogens is 1. The number of piperidine rings is 1. The zero-order valence-corrected chi connectivity index (χ0v) is 25.7. The summed E-state index contributed by atoms with van der Waals surface area (Å²) in [7, 11) is 1.95. The average molecular weight is 653 g/mol. The molecular formula is C36H34F6N4O. The minimum absolute atomic E-state index is 0.109. The molecule has 47 heavy (non-hydrogen) atoms. The maximum Gasteiger partial charge on any atom is 0.416 e. The number of hydrogen-bond acceptors (Lipinski definition) is 4. The van der Waals surface area contributed by atoms with Gasteiger partial charge in [0.1, 0.15) is 0 Å². The summed E-state index contributed by atoms with van der Waals surface area (Å²) in [6.45, 7) is 2.12. The average Bonchev–Trinajstić information content (AvgIpc) is 3.06. The van der Waals surface area contributed by atoms with Gasteiger partial charge in [0.05, 0.1) is 11.1 Å². The summed E-state index contributed by atoms with van der Waals surface area (Å²) >= 11 is 0. The first-order valence-electron chi connectivity index (χ1n) is 15.1. The fourth-order valence-electron chi connectivity index (χ4n) is 5.62. The lowest BCUT2D eigenvalue weighted by atomic mass is 10.0. The van der Waals surface area contributed by atoms with Gasteiger partial charge >= 0.3 is 12.4 Å². The monoisotopic (exact) mass is 652 g/mol. The Balaban J connectivity index is 1.28. The van der Waals surface area contributed by atoms with Crippen molar-refractivity contribution in [2.45, 2.75) is 44.3 Å². The Morgan fingerprint density at radius 3 is 1.83 bits per heavy atom. The zero-order valence-electron chi connectivity index (χ0n) is 25.7. The van der Waals surface area contributed by atoms with Crippen LogP contribution in [0.3, 0.4) is 0 Å². The number of likely N-dealkylation sites (tertiary alicyclic amines) is 1. The Hall–Kier alpha value is -4.64. The van der Waals surface area contributed by atoms with E-state index < -0.39 is 23.5 Å². The van der Waals surface area contributed by atoms with Crippen LogP contribution in [0.5, 0.6) is 0 Å². The SMILES string of the molecule is CN(c1ccncc1)c1ccc(CN(C(=O)C=Cc2ccc(C(F)(F)F)cc2)C2CCN(Cc3ccc(C(F)(F)F)cc3)CC2)cc1. The molecular weight excluding hydrogens is 618 g/mol. The maximum absolute atomic E-state index is 13.6. The molecule has 0 bridgehead atoms. The molecule has 4 aromatic rings. The van der Waals surface area contributed by atoms with Gasteiger partial charge in [-0.1, -0.05) is 36.4 Å². The molecule has 246 valence electrons. The molecule has 1 saturated heterocycles. The quantitative estimate of drug-likeness (QED) is 0.134. The summed E-state index contributed by atoms with van der Waals surface area (Å²) in [5, 5.41) is 0. The van der Waals surface area contributed by atoms with Crippen LogP contribution in [-0.2, 0) is 30.2 Å². The number of hydrogen-bond donors (Lipinski definition) is 0. The summed E-state index contributed by atoms with van der Waals surface area (Å²) < 4.78 is 77.8. The highest BCUT2D eigenvalue weighted by molar-refractivity contribution is 5.92. The largest absolute Gasteiger partial charge is 0.416 e. The summed E-state index contributed by atoms with van der Waals surface area (Å²) in [5.74, 6) is -0.260. The Labute approximate surface area is 269 Å². The number of halogens is 6. The van der Waals surface area contributed by atoms with E-state index in [1.54, 1.807) is 17.3 Å². The molecule has 0 unspecified atom stereocenters. The molecule has 0 radical (unpaired) electrons. The van der Waals surface area contributed by atoms with Crippen LogP contribution in [0.2, 0.25) is 0 Å². The smallest absolute Gasteiger partial charge is 0.345 e. The molecule has 11 heteroatoms. The van der Waals surface area contributed by atoms with Crippen molar-refractivity contribution in [2.24, 2.45) is 0 Å². The molecule has 0 N–H and O–H groups in total. The summed E-state index contributed by atoms with van der Waals surface area (Å²) in [6, 6.07) is 21.4. The minimum atomic E-state index is -4.45. The fraction of sp³-hybridized carbons (Fsp3) is 0.278. The highest BCUT2D eigenvalue weighted by Gasteiger charge is 2.31. The van der Waals surface area contributed by atoms with Crippen molar-refractivity contribution in [1.29, 1.82) is 0 Å². The molecule has 1 amide bonds. The van der Waals surface area contributed by atoms with Crippen molar-refractivity contribution < 1.29 is 31.1 Å². The molecule has 1 aromatic heterocycles. The first kappa shape index (κ1) is 33.7. The molecule has 2 heterocycles. The van der Waals surface area contributed by atoms with Crippen molar-refractivity contribution >= 4 is 23.4 Å². The third-order valence-electron chi connectivity index (χ3n) is 8.35. The van der Waals surface area contributed by atoms with Gasteiger partial charge in [0.2, 0.25) is 5.91 Å². The summed E-state index contributed by atoms with van der Waals surface area (Å²) in [5.41, 5.74) is 2.65. The van der Waals surface area contributed by atoms with Gasteiger partial charge in [0.25, 0.3) is 0 Å². The van der Waals surface area contributed by atoms with Crippen molar-refractivity contribution in [1.82, 2.24) is 14.8 Å². The second-order valence-corrected chi connectivity index (χ2v) is 11.6. The van der Waals surface area contributed by atoms with Gasteiger partial charge in [-0.3, -0.25) is 14.7 Å². The third kappa shape index (κ3) is 9.00. The molecule has 0 saturated carbocycles. The number of amides is 1. The Morgan fingerprint density at radius 1 is 0.766 bits per heavy atom. The first-order chi connectivity index (χ1) is 22.4. The van der Waals surface area contributed by atoms with Crippen LogP contribution in [0.15, 0.2) is 103 Å². The number of anilines is 2. The van der Waals surface area contributed by atoms with E-state index in [0.29, 0.717) is 44.6 Å². The highest BCUT2D eigenvalue weighted by atomic mass is 19.4. The number of alkyl halides is 6. The van der Waals surface area contributed by atoms with Gasteiger partial charge in [-0.05, 0) is 84.1 Å². The molecule has 3 aromatic carbocycles. The standard InChI is InChI=1S/C36H34F6N4O/c1-44(32-16-20-43-21-17-32)31-13-6-28(7-14-31)25-46(34(47)15-8-26-2-9-29(10-3-26)35(37,38)39)33-18-22-45(23-19-33)24-27-4-11-30(12-5-27)36(40,41)42/h2-17,20-21,33H,18-19,22-25H2,1H3. The Bertz CT molecular complexity index is 1630. The van der Waals surface area contributed by atoms with Crippen LogP contribution in [0.25, 0.3) is 6.08 Å². The van der Waals surface area contributed by atoms with E-state index in [0.717, 1.165) is 46.8 Å². The van der Waals surface area contributed by atoms with Crippen molar-refractivity contribution in [3.05, 3.63) is 131 Å². The van der Waals surface area contributed by atoms with E-state index in [2.05, 4.69) is 9.88 Å². The lowest BCUT2D eigenvalue weighted by molar-refractivity contribution is -0.138. The normalized spacial score (nSPS) is 14.8.